The molecule has 1 heterocycles. The van der Waals surface area contributed by atoms with Crippen molar-refractivity contribution in [3.63, 3.8) is 0 Å². The van der Waals surface area contributed by atoms with E-state index in [1.165, 1.54) is 0 Å². The summed E-state index contributed by atoms with van der Waals surface area (Å²) in [4.78, 5) is 26.3. The molecule has 1 aliphatic heterocycles. The summed E-state index contributed by atoms with van der Waals surface area (Å²) in [5.41, 5.74) is 7.43. The first kappa shape index (κ1) is 28.0. The fourth-order valence-corrected chi connectivity index (χ4v) is 2.48. The van der Waals surface area contributed by atoms with E-state index in [1.807, 2.05) is 25.1 Å². The fraction of sp³-hybridized carbons (Fsp3) is 0.478. The van der Waals surface area contributed by atoms with Crippen molar-refractivity contribution < 1.29 is 14.3 Å². The van der Waals surface area contributed by atoms with Crippen LogP contribution >= 0.6 is 0 Å². The number of rotatable bonds is 13. The molecule has 0 bridgehead atoms. The van der Waals surface area contributed by atoms with E-state index < -0.39 is 0 Å². The van der Waals surface area contributed by atoms with Crippen molar-refractivity contribution >= 4 is 23.8 Å². The Morgan fingerprint density at radius 2 is 2.18 bits per heavy atom. The monoisotopic (exact) mass is 457 g/mol. The number of amidine groups is 2. The van der Waals surface area contributed by atoms with Gasteiger partial charge in [-0.3, -0.25) is 14.7 Å². The van der Waals surface area contributed by atoms with Gasteiger partial charge in [0, 0.05) is 19.7 Å². The number of methoxy groups -OCH3 is 1. The van der Waals surface area contributed by atoms with Crippen LogP contribution in [0.15, 0.2) is 73.8 Å². The van der Waals surface area contributed by atoms with Gasteiger partial charge in [0.1, 0.15) is 24.5 Å². The third kappa shape index (κ3) is 13.2. The van der Waals surface area contributed by atoms with Crippen molar-refractivity contribution in [2.45, 2.75) is 19.1 Å². The molecule has 2 N–H and O–H groups in total. The molecule has 0 aromatic heterocycles. The number of hydrogen-bond acceptors (Lipinski definition) is 8. The molecule has 1 atom stereocenters. The fourth-order valence-electron chi connectivity index (χ4n) is 2.48. The average Bonchev–Trinajstić information content (AvgIpc) is 2.79. The molecule has 10 nitrogen and oxygen atoms in total. The number of likely N-dealkylation sites (N-methyl/N-ethyl adjacent to an activating group) is 1. The van der Waals surface area contributed by atoms with Crippen LogP contribution in [0.5, 0.6) is 0 Å². The molecule has 33 heavy (non-hydrogen) atoms. The molecule has 0 fully saturated rings. The number of carbonyl (C=O) groups excluding carboxylic acids is 1. The Labute approximate surface area is 196 Å². The summed E-state index contributed by atoms with van der Waals surface area (Å²) >= 11 is 0. The second kappa shape index (κ2) is 16.5. The van der Waals surface area contributed by atoms with Crippen molar-refractivity contribution in [1.82, 2.24) is 4.90 Å². The number of amides is 1. The van der Waals surface area contributed by atoms with Crippen LogP contribution in [-0.4, -0.2) is 89.0 Å². The highest BCUT2D eigenvalue weighted by molar-refractivity contribution is 5.96. The summed E-state index contributed by atoms with van der Waals surface area (Å²) in [5.74, 6) is 0.515. The number of hydrogen-bond donors (Lipinski definition) is 1. The maximum atomic E-state index is 12.0. The van der Waals surface area contributed by atoms with E-state index in [2.05, 4.69) is 38.4 Å². The molecule has 0 saturated heterocycles. The molecular weight excluding hydrogens is 422 g/mol. The molecule has 0 aromatic rings. The van der Waals surface area contributed by atoms with Crippen LogP contribution in [0, 0.1) is 0 Å². The lowest BCUT2D eigenvalue weighted by Crippen LogP contribution is -2.32. The molecule has 0 aromatic carbocycles. The quantitative estimate of drug-likeness (QED) is 0.149. The highest BCUT2D eigenvalue weighted by Gasteiger charge is 2.08. The molecule has 1 amide bonds. The molecular formula is C23H35N7O3. The molecule has 180 valence electrons. The second-order valence-electron chi connectivity index (χ2n) is 7.26. The van der Waals surface area contributed by atoms with E-state index in [0.29, 0.717) is 44.1 Å². The van der Waals surface area contributed by atoms with Gasteiger partial charge < -0.3 is 15.2 Å². The number of azo groups is 1. The molecule has 1 aliphatic rings. The average molecular weight is 458 g/mol. The van der Waals surface area contributed by atoms with Crippen LogP contribution < -0.4 is 5.73 Å². The number of carbonyl (C=O) groups is 1. The third-order valence-electron chi connectivity index (χ3n) is 4.29. The van der Waals surface area contributed by atoms with Crippen molar-refractivity contribution in [1.29, 1.82) is 0 Å². The highest BCUT2D eigenvalue weighted by Crippen LogP contribution is 2.05. The second-order valence-corrected chi connectivity index (χ2v) is 7.26. The lowest BCUT2D eigenvalue weighted by atomic mass is 10.1. The largest absolute Gasteiger partial charge is 0.387 e. The van der Waals surface area contributed by atoms with Crippen LogP contribution in [-0.2, 0) is 14.3 Å². The third-order valence-corrected chi connectivity index (χ3v) is 4.29. The molecule has 1 rings (SSSR count). The Hall–Kier alpha value is -3.08. The zero-order chi connectivity index (χ0) is 24.5. The summed E-state index contributed by atoms with van der Waals surface area (Å²) in [6.07, 6.45) is 9.00. The van der Waals surface area contributed by atoms with E-state index in [-0.39, 0.29) is 30.9 Å². The van der Waals surface area contributed by atoms with E-state index in [9.17, 15) is 4.79 Å². The Bertz CT molecular complexity index is 839. The molecule has 10 heteroatoms. The number of nitrogens with zero attached hydrogens (tertiary/aromatic N) is 6. The Morgan fingerprint density at radius 3 is 2.82 bits per heavy atom. The van der Waals surface area contributed by atoms with Crippen LogP contribution in [0.1, 0.15) is 12.8 Å². The van der Waals surface area contributed by atoms with Gasteiger partial charge in [0.25, 0.3) is 0 Å². The molecule has 0 saturated carbocycles. The predicted molar refractivity (Wildman–Crippen MR) is 133 cm³/mol. The van der Waals surface area contributed by atoms with Crippen LogP contribution in [0.3, 0.4) is 0 Å². The highest BCUT2D eigenvalue weighted by atomic mass is 16.5. The van der Waals surface area contributed by atoms with Gasteiger partial charge in [-0.25, -0.2) is 9.98 Å². The van der Waals surface area contributed by atoms with E-state index in [0.717, 1.165) is 5.57 Å². The van der Waals surface area contributed by atoms with Crippen LogP contribution in [0.2, 0.25) is 0 Å². The number of nitrogens with two attached hydrogens (primary N) is 1. The summed E-state index contributed by atoms with van der Waals surface area (Å²) in [7, 11) is 5.39. The van der Waals surface area contributed by atoms with Gasteiger partial charge >= 0.3 is 0 Å². The number of allylic oxidation sites excluding steroid dienone is 5. The summed E-state index contributed by atoms with van der Waals surface area (Å²) in [5, 5.41) is 8.02. The Morgan fingerprint density at radius 1 is 1.39 bits per heavy atom. The van der Waals surface area contributed by atoms with Gasteiger partial charge in [-0.15, -0.1) is 0 Å². The van der Waals surface area contributed by atoms with Crippen molar-refractivity contribution in [2.24, 2.45) is 30.9 Å². The van der Waals surface area contributed by atoms with Crippen LogP contribution in [0.25, 0.3) is 0 Å². The molecule has 1 unspecified atom stereocenters. The first-order valence-corrected chi connectivity index (χ1v) is 10.6. The van der Waals surface area contributed by atoms with Gasteiger partial charge in [0.15, 0.2) is 0 Å². The van der Waals surface area contributed by atoms with Crippen molar-refractivity contribution in [2.75, 3.05) is 54.1 Å². The molecule has 0 spiro atoms. The van der Waals surface area contributed by atoms with Crippen molar-refractivity contribution in [3.05, 3.63) is 48.6 Å². The topological polar surface area (TPSA) is 127 Å². The van der Waals surface area contributed by atoms with Gasteiger partial charge in [0.2, 0.25) is 5.91 Å². The zero-order valence-electron chi connectivity index (χ0n) is 19.8. The zero-order valence-corrected chi connectivity index (χ0v) is 19.8. The predicted octanol–water partition coefficient (Wildman–Crippen LogP) is 2.36. The minimum absolute atomic E-state index is 0.131. The van der Waals surface area contributed by atoms with Gasteiger partial charge in [-0.05, 0) is 25.2 Å². The van der Waals surface area contributed by atoms with E-state index in [1.54, 1.807) is 31.6 Å². The first-order chi connectivity index (χ1) is 15.8. The molecule has 0 aliphatic carbocycles. The summed E-state index contributed by atoms with van der Waals surface area (Å²) in [6.45, 7) is 10.0. The lowest BCUT2D eigenvalue weighted by molar-refractivity contribution is -0.117. The van der Waals surface area contributed by atoms with E-state index >= 15 is 0 Å². The van der Waals surface area contributed by atoms with Gasteiger partial charge in [-0.2, -0.15) is 10.2 Å². The molecule has 0 radical (unpaired) electrons. The van der Waals surface area contributed by atoms with Gasteiger partial charge in [-0.1, -0.05) is 37.5 Å². The number of aliphatic imine (C=N–C) groups is 3. The van der Waals surface area contributed by atoms with E-state index in [4.69, 9.17) is 15.2 Å². The minimum Gasteiger partial charge on any atom is -0.387 e. The Kier molecular flexibility index (Phi) is 14.0. The lowest BCUT2D eigenvalue weighted by Gasteiger charge is -2.19. The Balaban J connectivity index is 2.47. The smallest absolute Gasteiger partial charge is 0.249 e. The maximum absolute atomic E-state index is 12.0. The minimum atomic E-state index is -0.347. The summed E-state index contributed by atoms with van der Waals surface area (Å²) in [6, 6.07) is 0. The van der Waals surface area contributed by atoms with Gasteiger partial charge in [0.05, 0.1) is 32.7 Å². The SMILES string of the molecule is C=C/C(=C\C=C\C(=C)C=NC1=NCCOC1)CC(N)=NC(=O)CCN=NCC(OC)N(C)C. The standard InChI is InChI=1S/C23H35N7O3/c1-6-19(9-7-8-18(2)15-26-21-17-33-13-12-25-21)14-20(24)29-22(31)10-11-27-28-16-23(32-5)30(3)4/h6-9,15,23H,1-2,10-14,16-17H2,3-5H3,(H2,24,29,31)/b8-7+,19-9+,26-15?,28-27?. The van der Waals surface area contributed by atoms with Crippen LogP contribution in [0.4, 0.5) is 0 Å². The number of ether oxygens (including phenoxy) is 2. The first-order valence-electron chi connectivity index (χ1n) is 10.6. The van der Waals surface area contributed by atoms with Crippen molar-refractivity contribution in [3.8, 4) is 0 Å². The summed E-state index contributed by atoms with van der Waals surface area (Å²) < 4.78 is 10.5. The normalized spacial score (nSPS) is 16.7. The maximum Gasteiger partial charge on any atom is 0.249 e.